The number of aromatic nitrogens is 4. The molecule has 0 aliphatic rings. The zero-order chi connectivity index (χ0) is 21.1. The first-order chi connectivity index (χ1) is 14.5. The summed E-state index contributed by atoms with van der Waals surface area (Å²) in [5.74, 6) is -0.814. The van der Waals surface area contributed by atoms with Crippen molar-refractivity contribution in [2.75, 3.05) is 5.32 Å². The van der Waals surface area contributed by atoms with Gasteiger partial charge in [0.25, 0.3) is 0 Å². The van der Waals surface area contributed by atoms with E-state index in [2.05, 4.69) is 20.4 Å². The molecule has 8 heteroatoms. The first kappa shape index (κ1) is 19.3. The zero-order valence-corrected chi connectivity index (χ0v) is 16.1. The Bertz CT molecular complexity index is 1270. The molecule has 2 aromatic carbocycles. The Hall–Kier alpha value is -4.07. The number of fused-ring (bicyclic) bond motifs is 1. The van der Waals surface area contributed by atoms with Gasteiger partial charge in [-0.1, -0.05) is 12.1 Å². The molecular weight excluding hydrogens is 385 g/mol. The molecule has 4 aromatic rings. The monoisotopic (exact) mass is 403 g/mol. The number of benzene rings is 2. The second-order valence-corrected chi connectivity index (χ2v) is 6.72. The smallest absolute Gasteiger partial charge is 0.328 e. The molecule has 0 spiro atoms. The van der Waals surface area contributed by atoms with Gasteiger partial charge in [-0.05, 0) is 48.9 Å². The Morgan fingerprint density at radius 1 is 1.23 bits per heavy atom. The van der Waals surface area contributed by atoms with Crippen LogP contribution in [0.5, 0.6) is 0 Å². The summed E-state index contributed by atoms with van der Waals surface area (Å²) >= 11 is 0. The fourth-order valence-electron chi connectivity index (χ4n) is 3.17. The molecule has 0 amide bonds. The molecule has 2 aromatic heterocycles. The second kappa shape index (κ2) is 8.12. The van der Waals surface area contributed by atoms with E-state index in [4.69, 9.17) is 5.11 Å². The summed E-state index contributed by atoms with van der Waals surface area (Å²) in [4.78, 5) is 19.2. The number of hydrogen-bond donors (Lipinski definition) is 2. The van der Waals surface area contributed by atoms with Crippen LogP contribution in [0.25, 0.3) is 17.0 Å². The number of rotatable bonds is 6. The normalized spacial score (nSPS) is 11.3. The van der Waals surface area contributed by atoms with Gasteiger partial charge < -0.3 is 10.4 Å². The molecule has 4 rings (SSSR count). The van der Waals surface area contributed by atoms with Gasteiger partial charge in [-0.2, -0.15) is 5.10 Å². The summed E-state index contributed by atoms with van der Waals surface area (Å²) in [5, 5.41) is 17.4. The lowest BCUT2D eigenvalue weighted by Gasteiger charge is -2.10. The van der Waals surface area contributed by atoms with E-state index in [1.807, 2.05) is 28.9 Å². The fraction of sp³-hybridized carbons (Fsp3) is 0.0909. The number of aryl methyl sites for hydroxylation is 1. The third-order valence-electron chi connectivity index (χ3n) is 4.60. The predicted octanol–water partition coefficient (Wildman–Crippen LogP) is 4.16. The van der Waals surface area contributed by atoms with Crippen molar-refractivity contribution < 1.29 is 14.3 Å². The van der Waals surface area contributed by atoms with Gasteiger partial charge in [0.1, 0.15) is 18.0 Å². The van der Waals surface area contributed by atoms with Crippen LogP contribution >= 0.6 is 0 Å². The maximum Gasteiger partial charge on any atom is 0.328 e. The molecular formula is C22H18FN5O2. The first-order valence-corrected chi connectivity index (χ1v) is 9.19. The van der Waals surface area contributed by atoms with E-state index in [1.54, 1.807) is 19.2 Å². The van der Waals surface area contributed by atoms with Gasteiger partial charge in [-0.25, -0.2) is 19.2 Å². The number of halogens is 1. The molecule has 0 saturated carbocycles. The van der Waals surface area contributed by atoms with E-state index >= 15 is 0 Å². The van der Waals surface area contributed by atoms with E-state index in [0.29, 0.717) is 23.6 Å². The van der Waals surface area contributed by atoms with Crippen molar-refractivity contribution in [1.29, 1.82) is 0 Å². The highest BCUT2D eigenvalue weighted by molar-refractivity contribution is 5.88. The summed E-state index contributed by atoms with van der Waals surface area (Å²) in [6.45, 7) is 2.25. The lowest BCUT2D eigenvalue weighted by molar-refractivity contribution is -0.131. The van der Waals surface area contributed by atoms with Crippen LogP contribution in [0.15, 0.2) is 61.1 Å². The topological polar surface area (TPSA) is 92.9 Å². The Balaban J connectivity index is 1.61. The molecule has 30 heavy (non-hydrogen) atoms. The van der Waals surface area contributed by atoms with Gasteiger partial charge in [0.05, 0.1) is 24.0 Å². The Labute approximate surface area is 171 Å². The van der Waals surface area contributed by atoms with Gasteiger partial charge >= 0.3 is 5.97 Å². The lowest BCUT2D eigenvalue weighted by Crippen LogP contribution is -2.02. The highest BCUT2D eigenvalue weighted by Gasteiger charge is 2.09. The van der Waals surface area contributed by atoms with Crippen molar-refractivity contribution in [2.45, 2.75) is 13.5 Å². The van der Waals surface area contributed by atoms with Gasteiger partial charge in [0.15, 0.2) is 0 Å². The predicted molar refractivity (Wildman–Crippen MR) is 112 cm³/mol. The SMILES string of the molecule is Cc1ncnc(Nc2ccc3c(cnn3Cc3cccc(F)c3)c2)c1/C=C/C(=O)O. The van der Waals surface area contributed by atoms with E-state index in [-0.39, 0.29) is 5.82 Å². The molecule has 0 bridgehead atoms. The molecule has 2 heterocycles. The van der Waals surface area contributed by atoms with E-state index in [1.165, 1.54) is 24.5 Å². The number of carboxylic acid groups (broad SMARTS) is 1. The van der Waals surface area contributed by atoms with Crippen molar-refractivity contribution in [3.05, 3.63) is 83.7 Å². The number of nitrogens with one attached hydrogen (secondary N) is 1. The molecule has 0 atom stereocenters. The van der Waals surface area contributed by atoms with Gasteiger partial charge in [-0.15, -0.1) is 0 Å². The summed E-state index contributed by atoms with van der Waals surface area (Å²) in [6.07, 6.45) is 5.69. The van der Waals surface area contributed by atoms with Gasteiger partial charge in [0, 0.05) is 22.7 Å². The molecule has 150 valence electrons. The average Bonchev–Trinajstić information content (AvgIpc) is 3.09. The largest absolute Gasteiger partial charge is 0.478 e. The van der Waals surface area contributed by atoms with Crippen LogP contribution in [0, 0.1) is 12.7 Å². The Morgan fingerprint density at radius 3 is 2.90 bits per heavy atom. The number of aliphatic carboxylic acids is 1. The number of hydrogen-bond acceptors (Lipinski definition) is 5. The van der Waals surface area contributed by atoms with E-state index < -0.39 is 5.97 Å². The minimum absolute atomic E-state index is 0.275. The maximum absolute atomic E-state index is 13.4. The number of carbonyl (C=O) groups is 1. The Morgan fingerprint density at radius 2 is 2.10 bits per heavy atom. The standard InChI is InChI=1S/C22H18FN5O2/c1-14-19(6-8-21(29)30)22(25-13-24-14)27-18-5-7-20-16(10-18)11-26-28(20)12-15-3-2-4-17(23)9-15/h2-11,13H,12H2,1H3,(H,29,30)(H,24,25,27)/b8-6+. The summed E-state index contributed by atoms with van der Waals surface area (Å²) in [7, 11) is 0. The van der Waals surface area contributed by atoms with E-state index in [0.717, 1.165) is 28.2 Å². The van der Waals surface area contributed by atoms with Crippen molar-refractivity contribution in [3.63, 3.8) is 0 Å². The van der Waals surface area contributed by atoms with Crippen molar-refractivity contribution in [2.24, 2.45) is 0 Å². The second-order valence-electron chi connectivity index (χ2n) is 6.72. The van der Waals surface area contributed by atoms with Crippen molar-refractivity contribution in [1.82, 2.24) is 19.7 Å². The maximum atomic E-state index is 13.4. The minimum Gasteiger partial charge on any atom is -0.478 e. The van der Waals surface area contributed by atoms with Crippen LogP contribution in [0.1, 0.15) is 16.8 Å². The highest BCUT2D eigenvalue weighted by atomic mass is 19.1. The quantitative estimate of drug-likeness (QED) is 0.470. The van der Waals surface area contributed by atoms with Crippen LogP contribution in [-0.2, 0) is 11.3 Å². The van der Waals surface area contributed by atoms with Crippen LogP contribution in [-0.4, -0.2) is 30.8 Å². The molecule has 0 unspecified atom stereocenters. The van der Waals surface area contributed by atoms with Crippen LogP contribution in [0.4, 0.5) is 15.9 Å². The van der Waals surface area contributed by atoms with E-state index in [9.17, 15) is 9.18 Å². The zero-order valence-electron chi connectivity index (χ0n) is 16.1. The summed E-state index contributed by atoms with van der Waals surface area (Å²) in [6, 6.07) is 12.2. The molecule has 0 radical (unpaired) electrons. The average molecular weight is 403 g/mol. The minimum atomic E-state index is -1.05. The van der Waals surface area contributed by atoms with Crippen molar-refractivity contribution in [3.8, 4) is 0 Å². The molecule has 0 aliphatic carbocycles. The number of nitrogens with zero attached hydrogens (tertiary/aromatic N) is 4. The van der Waals surface area contributed by atoms with Crippen LogP contribution < -0.4 is 5.32 Å². The van der Waals surface area contributed by atoms with Crippen molar-refractivity contribution >= 4 is 34.5 Å². The fourth-order valence-corrected chi connectivity index (χ4v) is 3.17. The van der Waals surface area contributed by atoms with Crippen LogP contribution in [0.3, 0.4) is 0 Å². The highest BCUT2D eigenvalue weighted by Crippen LogP contribution is 2.25. The number of carboxylic acids is 1. The molecule has 0 fully saturated rings. The van der Waals surface area contributed by atoms with Gasteiger partial charge in [-0.3, -0.25) is 4.68 Å². The Kier molecular flexibility index (Phi) is 5.21. The summed E-state index contributed by atoms with van der Waals surface area (Å²) < 4.78 is 15.3. The third kappa shape index (κ3) is 4.17. The summed E-state index contributed by atoms with van der Waals surface area (Å²) in [5.41, 5.74) is 3.77. The molecule has 7 nitrogen and oxygen atoms in total. The number of anilines is 2. The molecule has 0 aliphatic heterocycles. The molecule has 0 saturated heterocycles. The molecule has 2 N–H and O–H groups in total. The third-order valence-corrected chi connectivity index (χ3v) is 4.60. The lowest BCUT2D eigenvalue weighted by atomic mass is 10.2. The van der Waals surface area contributed by atoms with Crippen LogP contribution in [0.2, 0.25) is 0 Å². The van der Waals surface area contributed by atoms with Gasteiger partial charge in [0.2, 0.25) is 0 Å². The first-order valence-electron chi connectivity index (χ1n) is 9.19.